The van der Waals surface area contributed by atoms with Crippen LogP contribution in [0.25, 0.3) is 0 Å². The maximum Gasteiger partial charge on any atom is 0.244 e. The van der Waals surface area contributed by atoms with Gasteiger partial charge in [-0.1, -0.05) is 17.7 Å². The van der Waals surface area contributed by atoms with Gasteiger partial charge >= 0.3 is 0 Å². The molecule has 2 aromatic carbocycles. The van der Waals surface area contributed by atoms with Gasteiger partial charge in [0.2, 0.25) is 10.0 Å². The second-order valence-corrected chi connectivity index (χ2v) is 9.46. The molecule has 0 radical (unpaired) electrons. The molecule has 1 heterocycles. The molecule has 0 spiro atoms. The molecule has 1 aliphatic rings. The van der Waals surface area contributed by atoms with Crippen LogP contribution in [-0.2, 0) is 16.4 Å². The number of hydrogen-bond donors (Lipinski definition) is 2. The van der Waals surface area contributed by atoms with Crippen molar-refractivity contribution in [2.75, 3.05) is 19.7 Å². The predicted octanol–water partition coefficient (Wildman–Crippen LogP) is 1.81. The molecule has 30 heavy (non-hydrogen) atoms. The monoisotopic (exact) mass is 449 g/mol. The summed E-state index contributed by atoms with van der Waals surface area (Å²) in [4.78, 5) is -0.214. The van der Waals surface area contributed by atoms with Crippen molar-refractivity contribution in [1.82, 2.24) is 4.31 Å². The van der Waals surface area contributed by atoms with Crippen molar-refractivity contribution in [3.8, 4) is 12.1 Å². The molecular formula is C20H17ClFN3O4S. The quantitative estimate of drug-likeness (QED) is 0.717. The number of rotatable bonds is 5. The van der Waals surface area contributed by atoms with E-state index in [4.69, 9.17) is 22.1 Å². The highest BCUT2D eigenvalue weighted by molar-refractivity contribution is 7.89. The van der Waals surface area contributed by atoms with Crippen LogP contribution in [0.3, 0.4) is 0 Å². The van der Waals surface area contributed by atoms with Gasteiger partial charge in [0.05, 0.1) is 28.8 Å². The number of benzene rings is 2. The number of aliphatic hydroxyl groups is 2. The van der Waals surface area contributed by atoms with Gasteiger partial charge in [0.15, 0.2) is 0 Å². The Kier molecular flexibility index (Phi) is 6.14. The molecule has 0 unspecified atom stereocenters. The maximum absolute atomic E-state index is 13.9. The lowest BCUT2D eigenvalue weighted by molar-refractivity contribution is -0.0340. The third kappa shape index (κ3) is 4.04. The van der Waals surface area contributed by atoms with Gasteiger partial charge in [-0.3, -0.25) is 0 Å². The molecular weight excluding hydrogens is 433 g/mol. The largest absolute Gasteiger partial charge is 0.393 e. The zero-order chi connectivity index (χ0) is 22.1. The normalized spacial score (nSPS) is 21.9. The summed E-state index contributed by atoms with van der Waals surface area (Å²) in [5.74, 6) is -1.43. The number of sulfonamides is 1. The molecule has 0 bridgehead atoms. The van der Waals surface area contributed by atoms with E-state index in [-0.39, 0.29) is 40.6 Å². The molecule has 0 amide bonds. The lowest BCUT2D eigenvalue weighted by Gasteiger charge is -2.26. The van der Waals surface area contributed by atoms with Crippen LogP contribution in [-0.4, -0.2) is 48.2 Å². The van der Waals surface area contributed by atoms with Crippen LogP contribution in [0.5, 0.6) is 0 Å². The van der Waals surface area contributed by atoms with Crippen molar-refractivity contribution in [3.63, 3.8) is 0 Å². The van der Waals surface area contributed by atoms with Gasteiger partial charge in [-0.2, -0.15) is 14.8 Å². The average Bonchev–Trinajstić information content (AvgIpc) is 3.05. The molecule has 1 fully saturated rings. The SMILES string of the molecule is N#Cc1ccc(S(=O)(=O)N2C[C@H](Cc3ccc(C#N)c(F)c3)[C@](O)(CO)C2)c(Cl)c1. The van der Waals surface area contributed by atoms with Crippen LogP contribution in [0, 0.1) is 34.4 Å². The van der Waals surface area contributed by atoms with Gasteiger partial charge < -0.3 is 10.2 Å². The predicted molar refractivity (Wildman–Crippen MR) is 105 cm³/mol. The van der Waals surface area contributed by atoms with E-state index in [0.717, 1.165) is 10.4 Å². The molecule has 0 saturated carbocycles. The molecule has 7 nitrogen and oxygen atoms in total. The lowest BCUT2D eigenvalue weighted by Crippen LogP contribution is -2.43. The summed E-state index contributed by atoms with van der Waals surface area (Å²) in [6.07, 6.45) is 0.0901. The van der Waals surface area contributed by atoms with Crippen LogP contribution in [0.1, 0.15) is 16.7 Å². The summed E-state index contributed by atoms with van der Waals surface area (Å²) in [7, 11) is -4.12. The molecule has 2 aromatic rings. The number of nitriles is 2. The second-order valence-electron chi connectivity index (χ2n) is 7.14. The highest BCUT2D eigenvalue weighted by atomic mass is 35.5. The van der Waals surface area contributed by atoms with Crippen molar-refractivity contribution >= 4 is 21.6 Å². The molecule has 2 atom stereocenters. The van der Waals surface area contributed by atoms with Crippen LogP contribution in [0.4, 0.5) is 4.39 Å². The number of β-amino-alcohol motifs (C(OH)–C–C–N with tert-alkyl or cyclic N) is 1. The van der Waals surface area contributed by atoms with Crippen molar-refractivity contribution in [1.29, 1.82) is 10.5 Å². The Morgan fingerprint density at radius 2 is 1.97 bits per heavy atom. The van der Waals surface area contributed by atoms with Crippen LogP contribution >= 0.6 is 11.6 Å². The van der Waals surface area contributed by atoms with Crippen molar-refractivity contribution in [3.05, 3.63) is 63.9 Å². The number of aliphatic hydroxyl groups excluding tert-OH is 1. The van der Waals surface area contributed by atoms with Crippen LogP contribution < -0.4 is 0 Å². The first-order valence-corrected chi connectivity index (χ1v) is 10.7. The fraction of sp³-hybridized carbons (Fsp3) is 0.300. The van der Waals surface area contributed by atoms with E-state index >= 15 is 0 Å². The van der Waals surface area contributed by atoms with Crippen molar-refractivity contribution in [2.45, 2.75) is 16.9 Å². The Balaban J connectivity index is 1.90. The Labute approximate surface area is 178 Å². The maximum atomic E-state index is 13.9. The van der Waals surface area contributed by atoms with E-state index < -0.39 is 34.0 Å². The van der Waals surface area contributed by atoms with E-state index in [0.29, 0.717) is 5.56 Å². The van der Waals surface area contributed by atoms with Crippen LogP contribution in [0.2, 0.25) is 5.02 Å². The molecule has 1 aliphatic heterocycles. The van der Waals surface area contributed by atoms with E-state index in [1.807, 2.05) is 6.07 Å². The molecule has 3 rings (SSSR count). The molecule has 0 aliphatic carbocycles. The van der Waals surface area contributed by atoms with Crippen molar-refractivity contribution < 1.29 is 23.0 Å². The van der Waals surface area contributed by atoms with Gasteiger partial charge in [0.25, 0.3) is 0 Å². The summed E-state index contributed by atoms with van der Waals surface area (Å²) in [6.45, 7) is -1.19. The molecule has 2 N–H and O–H groups in total. The van der Waals surface area contributed by atoms with Gasteiger partial charge in [0, 0.05) is 19.0 Å². The summed E-state index contributed by atoms with van der Waals surface area (Å²) >= 11 is 6.05. The Hall–Kier alpha value is -2.53. The van der Waals surface area contributed by atoms with Gasteiger partial charge in [-0.05, 0) is 42.3 Å². The Morgan fingerprint density at radius 3 is 2.53 bits per heavy atom. The third-order valence-corrected chi connectivity index (χ3v) is 7.52. The summed E-state index contributed by atoms with van der Waals surface area (Å²) in [5, 5.41) is 38.2. The second kappa shape index (κ2) is 8.31. The fourth-order valence-corrected chi connectivity index (χ4v) is 5.58. The van der Waals surface area contributed by atoms with E-state index in [2.05, 4.69) is 0 Å². The van der Waals surface area contributed by atoms with Crippen LogP contribution in [0.15, 0.2) is 41.3 Å². The Bertz CT molecular complexity index is 1180. The average molecular weight is 450 g/mol. The van der Waals surface area contributed by atoms with Gasteiger partial charge in [-0.15, -0.1) is 0 Å². The first-order valence-electron chi connectivity index (χ1n) is 8.86. The van der Waals surface area contributed by atoms with Gasteiger partial charge in [0.1, 0.15) is 22.4 Å². The first-order chi connectivity index (χ1) is 14.1. The topological polar surface area (TPSA) is 125 Å². The molecule has 156 valence electrons. The van der Waals surface area contributed by atoms with E-state index in [9.17, 15) is 23.0 Å². The number of hydrogen-bond acceptors (Lipinski definition) is 6. The molecule has 1 saturated heterocycles. The Morgan fingerprint density at radius 1 is 1.23 bits per heavy atom. The summed E-state index contributed by atoms with van der Waals surface area (Å²) < 4.78 is 41.1. The number of halogens is 2. The lowest BCUT2D eigenvalue weighted by atomic mass is 9.86. The molecule has 10 heteroatoms. The van der Waals surface area contributed by atoms with Crippen molar-refractivity contribution in [2.24, 2.45) is 5.92 Å². The smallest absolute Gasteiger partial charge is 0.244 e. The minimum Gasteiger partial charge on any atom is -0.393 e. The summed E-state index contributed by atoms with van der Waals surface area (Å²) in [6, 6.07) is 11.4. The summed E-state index contributed by atoms with van der Waals surface area (Å²) in [5.41, 5.74) is -1.20. The van der Waals surface area contributed by atoms with E-state index in [1.165, 1.54) is 30.3 Å². The highest BCUT2D eigenvalue weighted by Gasteiger charge is 2.49. The van der Waals surface area contributed by atoms with E-state index in [1.54, 1.807) is 6.07 Å². The third-order valence-electron chi connectivity index (χ3n) is 5.22. The minimum atomic E-state index is -4.12. The fourth-order valence-electron chi connectivity index (χ4n) is 3.51. The molecule has 0 aromatic heterocycles. The van der Waals surface area contributed by atoms with Gasteiger partial charge in [-0.25, -0.2) is 12.8 Å². The number of nitrogens with zero attached hydrogens (tertiary/aromatic N) is 3. The standard InChI is InChI=1S/C20H17ClFN3O4S/c21-17-6-14(8-23)2-4-19(17)30(28,29)25-10-16(20(27,11-25)12-26)5-13-1-3-15(9-24)18(22)7-13/h1-4,6-7,16,26-27H,5,10-12H2/t16-,20+/m0/s1. The first kappa shape index (κ1) is 22.2. The minimum absolute atomic E-state index is 0.0901. The zero-order valence-corrected chi connectivity index (χ0v) is 17.2. The highest BCUT2D eigenvalue weighted by Crippen LogP contribution is 2.36. The zero-order valence-electron chi connectivity index (χ0n) is 15.6.